The third-order valence-electron chi connectivity index (χ3n) is 5.75. The van der Waals surface area contributed by atoms with Crippen LogP contribution in [0, 0.1) is 0 Å². The maximum atomic E-state index is 12.8. The van der Waals surface area contributed by atoms with Gasteiger partial charge in [0.05, 0.1) is 5.69 Å². The zero-order chi connectivity index (χ0) is 21.2. The van der Waals surface area contributed by atoms with Gasteiger partial charge in [-0.15, -0.1) is 11.3 Å². The van der Waals surface area contributed by atoms with E-state index >= 15 is 0 Å². The SMILES string of the molecule is O=C(CCc1csc2nc(-c3ccccc3)cn12)N1CCN(c2cccc(Cl)c2)CC1. The molecular weight excluding hydrogens is 428 g/mol. The third kappa shape index (κ3) is 4.31. The second kappa shape index (κ2) is 8.73. The van der Waals surface area contributed by atoms with Gasteiger partial charge >= 0.3 is 0 Å². The number of anilines is 1. The van der Waals surface area contributed by atoms with Crippen LogP contribution in [-0.4, -0.2) is 46.4 Å². The number of amides is 1. The number of carbonyl (C=O) groups is 1. The van der Waals surface area contributed by atoms with E-state index < -0.39 is 0 Å². The lowest BCUT2D eigenvalue weighted by Crippen LogP contribution is -2.48. The van der Waals surface area contributed by atoms with Gasteiger partial charge < -0.3 is 9.80 Å². The topological polar surface area (TPSA) is 40.9 Å². The molecule has 0 spiro atoms. The molecule has 2 aromatic carbocycles. The van der Waals surface area contributed by atoms with E-state index in [9.17, 15) is 4.79 Å². The van der Waals surface area contributed by atoms with Gasteiger partial charge in [-0.3, -0.25) is 9.20 Å². The minimum Gasteiger partial charge on any atom is -0.368 e. The number of nitrogens with zero attached hydrogens (tertiary/aromatic N) is 4. The molecule has 0 aliphatic carbocycles. The largest absolute Gasteiger partial charge is 0.368 e. The Morgan fingerprint density at radius 1 is 1.03 bits per heavy atom. The molecular formula is C24H23ClN4OS. The first kappa shape index (κ1) is 20.1. The van der Waals surface area contributed by atoms with Gasteiger partial charge in [-0.05, 0) is 24.6 Å². The van der Waals surface area contributed by atoms with Gasteiger partial charge in [0.25, 0.3) is 0 Å². The summed E-state index contributed by atoms with van der Waals surface area (Å²) in [7, 11) is 0. The Kier molecular flexibility index (Phi) is 5.66. The second-order valence-corrected chi connectivity index (χ2v) is 8.99. The van der Waals surface area contributed by atoms with Crippen molar-refractivity contribution in [3.63, 3.8) is 0 Å². The van der Waals surface area contributed by atoms with Crippen LogP contribution in [-0.2, 0) is 11.2 Å². The fourth-order valence-electron chi connectivity index (χ4n) is 4.04. The number of thiazole rings is 1. The van der Waals surface area contributed by atoms with Crippen LogP contribution in [0.15, 0.2) is 66.2 Å². The summed E-state index contributed by atoms with van der Waals surface area (Å²) in [5, 5.41) is 2.86. The highest BCUT2D eigenvalue weighted by Crippen LogP contribution is 2.25. The van der Waals surface area contributed by atoms with Crippen molar-refractivity contribution in [2.45, 2.75) is 12.8 Å². The molecule has 0 saturated carbocycles. The summed E-state index contributed by atoms with van der Waals surface area (Å²) < 4.78 is 2.12. The van der Waals surface area contributed by atoms with Crippen LogP contribution >= 0.6 is 22.9 Å². The molecule has 158 valence electrons. The van der Waals surface area contributed by atoms with E-state index in [1.165, 1.54) is 0 Å². The summed E-state index contributed by atoms with van der Waals surface area (Å²) in [6.07, 6.45) is 3.31. The molecule has 3 heterocycles. The second-order valence-electron chi connectivity index (χ2n) is 7.72. The van der Waals surface area contributed by atoms with Gasteiger partial charge in [-0.1, -0.05) is 48.0 Å². The molecule has 1 saturated heterocycles. The van der Waals surface area contributed by atoms with Crippen molar-refractivity contribution in [2.75, 3.05) is 31.1 Å². The third-order valence-corrected chi connectivity index (χ3v) is 6.88. The Morgan fingerprint density at radius 2 is 1.84 bits per heavy atom. The van der Waals surface area contributed by atoms with Gasteiger partial charge in [-0.2, -0.15) is 0 Å². The number of rotatable bonds is 5. The first-order valence-corrected chi connectivity index (χ1v) is 11.7. The number of halogens is 1. The van der Waals surface area contributed by atoms with Crippen LogP contribution in [0.25, 0.3) is 16.2 Å². The summed E-state index contributed by atoms with van der Waals surface area (Å²) >= 11 is 7.74. The number of benzene rings is 2. The van der Waals surface area contributed by atoms with E-state index in [-0.39, 0.29) is 5.91 Å². The smallest absolute Gasteiger partial charge is 0.223 e. The van der Waals surface area contributed by atoms with Crippen LogP contribution in [0.5, 0.6) is 0 Å². The van der Waals surface area contributed by atoms with E-state index in [2.05, 4.69) is 39.1 Å². The standard InChI is InChI=1S/C24H23ClN4OS/c25-19-7-4-8-20(15-19)27-11-13-28(14-12-27)23(30)10-9-21-17-31-24-26-22(16-29(21)24)18-5-2-1-3-6-18/h1-8,15-17H,9-14H2. The van der Waals surface area contributed by atoms with E-state index in [1.807, 2.05) is 41.3 Å². The molecule has 4 aromatic rings. The summed E-state index contributed by atoms with van der Waals surface area (Å²) in [5.41, 5.74) is 4.34. The number of aromatic nitrogens is 2. The maximum absolute atomic E-state index is 12.8. The fourth-order valence-corrected chi connectivity index (χ4v) is 5.13. The van der Waals surface area contributed by atoms with E-state index in [4.69, 9.17) is 16.6 Å². The molecule has 1 fully saturated rings. The molecule has 1 aliphatic rings. The van der Waals surface area contributed by atoms with Gasteiger partial charge in [0.1, 0.15) is 0 Å². The Hall–Kier alpha value is -2.83. The Balaban J connectivity index is 1.19. The molecule has 0 N–H and O–H groups in total. The Morgan fingerprint density at radius 3 is 2.61 bits per heavy atom. The highest BCUT2D eigenvalue weighted by molar-refractivity contribution is 7.15. The number of imidazole rings is 1. The Bertz CT molecular complexity index is 1190. The van der Waals surface area contributed by atoms with Crippen molar-refractivity contribution in [1.82, 2.24) is 14.3 Å². The number of fused-ring (bicyclic) bond motifs is 1. The first-order chi connectivity index (χ1) is 15.2. The molecule has 0 radical (unpaired) electrons. The maximum Gasteiger partial charge on any atom is 0.223 e. The molecule has 31 heavy (non-hydrogen) atoms. The lowest BCUT2D eigenvalue weighted by atomic mass is 10.2. The lowest BCUT2D eigenvalue weighted by Gasteiger charge is -2.36. The van der Waals surface area contributed by atoms with Gasteiger partial charge in [0.15, 0.2) is 4.96 Å². The molecule has 0 atom stereocenters. The normalized spacial score (nSPS) is 14.4. The van der Waals surface area contributed by atoms with Crippen LogP contribution < -0.4 is 4.90 Å². The van der Waals surface area contributed by atoms with E-state index in [0.29, 0.717) is 6.42 Å². The molecule has 5 rings (SSSR count). The zero-order valence-electron chi connectivity index (χ0n) is 17.1. The quantitative estimate of drug-likeness (QED) is 0.429. The van der Waals surface area contributed by atoms with Crippen LogP contribution in [0.1, 0.15) is 12.1 Å². The summed E-state index contributed by atoms with van der Waals surface area (Å²) in [6.45, 7) is 3.15. The summed E-state index contributed by atoms with van der Waals surface area (Å²) in [4.78, 5) is 22.8. The minimum atomic E-state index is 0.216. The predicted octanol–water partition coefficient (Wildman–Crippen LogP) is 5.00. The molecule has 1 aliphatic heterocycles. The average molecular weight is 451 g/mol. The van der Waals surface area contributed by atoms with E-state index in [0.717, 1.165) is 65.2 Å². The van der Waals surface area contributed by atoms with Gasteiger partial charge in [0, 0.05) is 66.1 Å². The molecule has 7 heteroatoms. The Labute approximate surface area is 190 Å². The number of aryl methyl sites for hydroxylation is 1. The fraction of sp³-hybridized carbons (Fsp3) is 0.250. The number of hydrogen-bond acceptors (Lipinski definition) is 4. The summed E-state index contributed by atoms with van der Waals surface area (Å²) in [6, 6.07) is 18.1. The van der Waals surface area contributed by atoms with Crippen molar-refractivity contribution in [1.29, 1.82) is 0 Å². The highest BCUT2D eigenvalue weighted by Gasteiger charge is 2.21. The molecule has 2 aromatic heterocycles. The average Bonchev–Trinajstić information content (AvgIpc) is 3.39. The zero-order valence-corrected chi connectivity index (χ0v) is 18.6. The monoisotopic (exact) mass is 450 g/mol. The highest BCUT2D eigenvalue weighted by atomic mass is 35.5. The molecule has 0 bridgehead atoms. The minimum absolute atomic E-state index is 0.216. The lowest BCUT2D eigenvalue weighted by molar-refractivity contribution is -0.131. The van der Waals surface area contributed by atoms with Crippen LogP contribution in [0.3, 0.4) is 0 Å². The number of hydrogen-bond donors (Lipinski definition) is 0. The molecule has 1 amide bonds. The molecule has 0 unspecified atom stereocenters. The number of carbonyl (C=O) groups excluding carboxylic acids is 1. The predicted molar refractivity (Wildman–Crippen MR) is 127 cm³/mol. The van der Waals surface area contributed by atoms with Crippen molar-refractivity contribution >= 4 is 39.5 Å². The van der Waals surface area contributed by atoms with Gasteiger partial charge in [-0.25, -0.2) is 4.98 Å². The number of piperazine rings is 1. The van der Waals surface area contributed by atoms with Crippen molar-refractivity contribution < 1.29 is 4.79 Å². The van der Waals surface area contributed by atoms with Crippen molar-refractivity contribution in [3.8, 4) is 11.3 Å². The van der Waals surface area contributed by atoms with Crippen molar-refractivity contribution in [2.24, 2.45) is 0 Å². The van der Waals surface area contributed by atoms with E-state index in [1.54, 1.807) is 11.3 Å². The summed E-state index contributed by atoms with van der Waals surface area (Å²) in [5.74, 6) is 0.216. The first-order valence-electron chi connectivity index (χ1n) is 10.5. The van der Waals surface area contributed by atoms with Gasteiger partial charge in [0.2, 0.25) is 5.91 Å². The van der Waals surface area contributed by atoms with Crippen LogP contribution in [0.2, 0.25) is 5.02 Å². The van der Waals surface area contributed by atoms with Crippen LogP contribution in [0.4, 0.5) is 5.69 Å². The molecule has 5 nitrogen and oxygen atoms in total. The van der Waals surface area contributed by atoms with Crippen molar-refractivity contribution in [3.05, 3.63) is 76.9 Å².